The van der Waals surface area contributed by atoms with Crippen LogP contribution in [-0.2, 0) is 19.6 Å². The molecule has 0 unspecified atom stereocenters. The molecule has 4 aromatic rings. The Morgan fingerprint density at radius 3 is 2.52 bits per heavy atom. The molecular formula is C30H43N8O6+. The highest BCUT2D eigenvalue weighted by Gasteiger charge is 2.33. The molecule has 1 fully saturated rings. The maximum atomic E-state index is 13.1. The van der Waals surface area contributed by atoms with Gasteiger partial charge in [-0.05, 0) is 69.5 Å². The Morgan fingerprint density at radius 1 is 1.11 bits per heavy atom. The van der Waals surface area contributed by atoms with E-state index in [0.717, 1.165) is 36.2 Å². The summed E-state index contributed by atoms with van der Waals surface area (Å²) in [6.45, 7) is 6.73. The minimum absolute atomic E-state index is 0.0660. The molecule has 14 nitrogen and oxygen atoms in total. The first-order valence-corrected chi connectivity index (χ1v) is 15.2. The van der Waals surface area contributed by atoms with E-state index in [1.165, 1.54) is 5.56 Å². The number of β-amino-alcohol motifs (C(OH)–C–C–N with tert-alkyl or cyclic N) is 1. The predicted molar refractivity (Wildman–Crippen MR) is 162 cm³/mol. The van der Waals surface area contributed by atoms with Crippen LogP contribution in [0, 0.1) is 0 Å². The number of rotatable bonds is 12. The Kier molecular flexibility index (Phi) is 9.78. The topological polar surface area (TPSA) is 210 Å². The van der Waals surface area contributed by atoms with Crippen LogP contribution in [0.3, 0.4) is 0 Å². The van der Waals surface area contributed by atoms with E-state index in [9.17, 15) is 25.2 Å². The third-order valence-corrected chi connectivity index (χ3v) is 8.70. The summed E-state index contributed by atoms with van der Waals surface area (Å²) in [5.74, 6) is 0.942. The van der Waals surface area contributed by atoms with Crippen molar-refractivity contribution in [2.75, 3.05) is 32.0 Å². The highest BCUT2D eigenvalue weighted by molar-refractivity contribution is 5.98. The number of aliphatic hydroxyl groups is 5. The van der Waals surface area contributed by atoms with E-state index in [1.807, 2.05) is 4.90 Å². The van der Waals surface area contributed by atoms with Crippen LogP contribution in [0.15, 0.2) is 30.5 Å². The smallest absolute Gasteiger partial charge is 0.277 e. The van der Waals surface area contributed by atoms with Crippen molar-refractivity contribution in [3.8, 4) is 0 Å². The highest BCUT2D eigenvalue weighted by atomic mass is 16.4. The van der Waals surface area contributed by atoms with Gasteiger partial charge in [0.15, 0.2) is 28.2 Å². The van der Waals surface area contributed by atoms with Crippen molar-refractivity contribution < 1.29 is 34.9 Å². The first kappa shape index (κ1) is 31.8. The van der Waals surface area contributed by atoms with Gasteiger partial charge < -0.3 is 46.5 Å². The summed E-state index contributed by atoms with van der Waals surface area (Å²) in [4.78, 5) is 26.7. The molecule has 238 valence electrons. The summed E-state index contributed by atoms with van der Waals surface area (Å²) in [6.07, 6.45) is -2.55. The number of aromatic amines is 1. The van der Waals surface area contributed by atoms with Crippen molar-refractivity contribution in [1.29, 1.82) is 0 Å². The van der Waals surface area contributed by atoms with Crippen LogP contribution in [0.5, 0.6) is 0 Å². The molecule has 0 spiro atoms. The molecule has 1 aromatic carbocycles. The lowest BCUT2D eigenvalue weighted by molar-refractivity contribution is -0.676. The van der Waals surface area contributed by atoms with E-state index in [-0.39, 0.29) is 24.6 Å². The second-order valence-corrected chi connectivity index (χ2v) is 11.4. The molecule has 0 aliphatic carbocycles. The Balaban J connectivity index is 1.28. The molecule has 4 atom stereocenters. The quantitative estimate of drug-likeness (QED) is 0.0951. The van der Waals surface area contributed by atoms with Crippen LogP contribution >= 0.6 is 0 Å². The number of H-pyrrole nitrogens is 1. The number of nitrogen functional groups attached to an aromatic ring is 1. The molecule has 5 rings (SSSR count). The lowest BCUT2D eigenvalue weighted by atomic mass is 9.89. The third-order valence-electron chi connectivity index (χ3n) is 8.70. The van der Waals surface area contributed by atoms with Gasteiger partial charge in [0, 0.05) is 12.7 Å². The SMILES string of the molecule is CCn1c(CNC(=O)c2nc3cc[nH]c3nc2N)[n+](CC)c2ccc(C3CCN(C[C@H](O)[C@@H](O)[C@H](O)[C@H](O)CO)CC3)cc21. The van der Waals surface area contributed by atoms with Gasteiger partial charge in [-0.3, -0.25) is 4.79 Å². The average Bonchev–Trinajstić information content (AvgIpc) is 3.62. The van der Waals surface area contributed by atoms with Crippen LogP contribution in [0.1, 0.15) is 54.5 Å². The maximum Gasteiger partial charge on any atom is 0.277 e. The van der Waals surface area contributed by atoms with Crippen LogP contribution in [0.25, 0.3) is 22.2 Å². The number of amides is 1. The average molecular weight is 612 g/mol. The molecule has 44 heavy (non-hydrogen) atoms. The van der Waals surface area contributed by atoms with Crippen molar-refractivity contribution in [1.82, 2.24) is 29.7 Å². The molecule has 1 saturated heterocycles. The zero-order valence-electron chi connectivity index (χ0n) is 25.1. The minimum Gasteiger partial charge on any atom is -0.394 e. The Labute approximate surface area is 254 Å². The van der Waals surface area contributed by atoms with Gasteiger partial charge >= 0.3 is 0 Å². The summed E-state index contributed by atoms with van der Waals surface area (Å²) in [7, 11) is 0. The number of fused-ring (bicyclic) bond motifs is 2. The lowest BCUT2D eigenvalue weighted by Gasteiger charge is -2.35. The van der Waals surface area contributed by atoms with Crippen molar-refractivity contribution in [3.63, 3.8) is 0 Å². The number of nitrogens with two attached hydrogens (primary N) is 1. The number of anilines is 1. The molecular weight excluding hydrogens is 568 g/mol. The van der Waals surface area contributed by atoms with Gasteiger partial charge in [0.05, 0.1) is 25.8 Å². The summed E-state index contributed by atoms with van der Waals surface area (Å²) in [6, 6.07) is 8.26. The Bertz CT molecular complexity index is 1600. The van der Waals surface area contributed by atoms with Crippen molar-refractivity contribution >= 4 is 33.9 Å². The van der Waals surface area contributed by atoms with Crippen LogP contribution in [0.4, 0.5) is 5.82 Å². The first-order chi connectivity index (χ1) is 21.2. The maximum absolute atomic E-state index is 13.1. The molecule has 0 radical (unpaired) electrons. The summed E-state index contributed by atoms with van der Waals surface area (Å²) >= 11 is 0. The highest BCUT2D eigenvalue weighted by Crippen LogP contribution is 2.30. The number of aromatic nitrogens is 5. The molecule has 1 aliphatic heterocycles. The third kappa shape index (κ3) is 6.27. The van der Waals surface area contributed by atoms with Gasteiger partial charge in [-0.1, -0.05) is 6.07 Å². The van der Waals surface area contributed by atoms with E-state index >= 15 is 0 Å². The Hall–Kier alpha value is -3.66. The predicted octanol–water partition coefficient (Wildman–Crippen LogP) is -0.633. The van der Waals surface area contributed by atoms with Gasteiger partial charge in [0.2, 0.25) is 0 Å². The fraction of sp³-hybridized carbons (Fsp3) is 0.533. The first-order valence-electron chi connectivity index (χ1n) is 15.2. The van der Waals surface area contributed by atoms with Crippen LogP contribution in [-0.4, -0.2) is 107 Å². The van der Waals surface area contributed by atoms with Gasteiger partial charge in [0.1, 0.15) is 30.4 Å². The second-order valence-electron chi connectivity index (χ2n) is 11.4. The number of benzene rings is 1. The van der Waals surface area contributed by atoms with E-state index in [0.29, 0.717) is 36.7 Å². The van der Waals surface area contributed by atoms with Crippen LogP contribution < -0.4 is 15.6 Å². The Morgan fingerprint density at radius 2 is 1.84 bits per heavy atom. The van der Waals surface area contributed by atoms with E-state index in [1.54, 1.807) is 12.3 Å². The van der Waals surface area contributed by atoms with Crippen molar-refractivity contribution in [3.05, 3.63) is 47.5 Å². The fourth-order valence-electron chi connectivity index (χ4n) is 6.24. The summed E-state index contributed by atoms with van der Waals surface area (Å²) < 4.78 is 4.41. The summed E-state index contributed by atoms with van der Waals surface area (Å²) in [5.41, 5.74) is 10.6. The number of hydrogen-bond donors (Lipinski definition) is 8. The molecule has 3 aromatic heterocycles. The van der Waals surface area contributed by atoms with Gasteiger partial charge in [-0.2, -0.15) is 0 Å². The number of nitrogens with zero attached hydrogens (tertiary/aromatic N) is 5. The minimum atomic E-state index is -1.63. The van der Waals surface area contributed by atoms with Crippen molar-refractivity contribution in [2.45, 2.75) is 76.7 Å². The monoisotopic (exact) mass is 611 g/mol. The normalized spacial score (nSPS) is 17.6. The number of aliphatic hydroxyl groups excluding tert-OH is 5. The number of carbonyl (C=O) groups excluding carboxylic acids is 1. The molecule has 9 N–H and O–H groups in total. The van der Waals surface area contributed by atoms with Crippen molar-refractivity contribution in [2.24, 2.45) is 0 Å². The standard InChI is InChI=1S/C30H42N8O6/c1-3-37-20-6-5-18(17-8-11-36(12-9-17)15-22(40)26(42)27(43)23(41)16-39)13-21(20)38(4-2)24(37)14-33-30(44)25-28(31)35-29-19(34-25)7-10-32-29/h5-7,10,13,17,22-23,26-27,39-43H,3-4,8-9,11-12,14-16H2,1-2H3,(H3-,31,32,33,34,35,44)/p+1/t22-,23+,26+,27+/m0/s1. The van der Waals surface area contributed by atoms with Gasteiger partial charge in [0.25, 0.3) is 11.7 Å². The van der Waals surface area contributed by atoms with E-state index in [4.69, 9.17) is 10.8 Å². The number of nitrogens with one attached hydrogen (secondary N) is 2. The number of likely N-dealkylation sites (tertiary alicyclic amines) is 1. The molecule has 14 heteroatoms. The molecule has 1 amide bonds. The molecule has 4 heterocycles. The van der Waals surface area contributed by atoms with Gasteiger partial charge in [-0.15, -0.1) is 0 Å². The molecule has 0 saturated carbocycles. The zero-order valence-corrected chi connectivity index (χ0v) is 25.1. The molecule has 0 bridgehead atoms. The fourth-order valence-corrected chi connectivity index (χ4v) is 6.24. The molecule has 1 aliphatic rings. The lowest BCUT2D eigenvalue weighted by Crippen LogP contribution is -2.50. The number of carbonyl (C=O) groups is 1. The number of piperidine rings is 1. The van der Waals surface area contributed by atoms with Gasteiger partial charge in [-0.25, -0.2) is 19.1 Å². The number of aryl methyl sites for hydroxylation is 2. The number of hydrogen-bond acceptors (Lipinski definition) is 10. The van der Waals surface area contributed by atoms with Crippen LogP contribution in [0.2, 0.25) is 0 Å². The largest absolute Gasteiger partial charge is 0.394 e. The zero-order chi connectivity index (χ0) is 31.5. The summed E-state index contributed by atoms with van der Waals surface area (Å²) in [5, 5.41) is 52.1. The number of imidazole rings is 1. The second kappa shape index (κ2) is 13.5. The van der Waals surface area contributed by atoms with E-state index in [2.05, 4.69) is 61.4 Å². The van der Waals surface area contributed by atoms with E-state index < -0.39 is 36.9 Å².